The van der Waals surface area contributed by atoms with Crippen molar-refractivity contribution in [2.75, 3.05) is 14.1 Å². The van der Waals surface area contributed by atoms with Crippen LogP contribution in [0, 0.1) is 13.8 Å². The Bertz CT molecular complexity index is 964. The third-order valence-electron chi connectivity index (χ3n) is 3.97. The minimum atomic E-state index is -3.60. The van der Waals surface area contributed by atoms with E-state index in [2.05, 4.69) is 10.5 Å². The smallest absolute Gasteiger partial charge is 0.267 e. The summed E-state index contributed by atoms with van der Waals surface area (Å²) in [5, 5.41) is 4.15. The molecule has 0 radical (unpaired) electrons. The third-order valence-corrected chi connectivity index (χ3v) is 5.78. The normalized spacial score (nSPS) is 12.3. The molecule has 0 saturated carbocycles. The second-order valence-corrected chi connectivity index (χ2v) is 8.42. The summed E-state index contributed by atoms with van der Waals surface area (Å²) in [4.78, 5) is 12.4. The van der Waals surface area contributed by atoms with E-state index in [1.54, 1.807) is 6.07 Å². The summed E-state index contributed by atoms with van der Waals surface area (Å²) in [6.07, 6.45) is 0. The van der Waals surface area contributed by atoms with Crippen LogP contribution in [0.25, 0.3) is 0 Å². The molecule has 0 unspecified atom stereocenters. The van der Waals surface area contributed by atoms with Crippen LogP contribution in [0.1, 0.15) is 34.0 Å². The van der Waals surface area contributed by atoms with Crippen molar-refractivity contribution >= 4 is 21.6 Å². The first kappa shape index (κ1) is 19.8. The van der Waals surface area contributed by atoms with Crippen LogP contribution in [0.15, 0.2) is 52.5 Å². The molecule has 0 spiro atoms. The van der Waals surface area contributed by atoms with E-state index in [4.69, 9.17) is 0 Å². The van der Waals surface area contributed by atoms with Gasteiger partial charge in [0, 0.05) is 25.2 Å². The summed E-state index contributed by atoms with van der Waals surface area (Å²) in [5.74, 6) is -0.468. The fraction of sp³-hybridized carbons (Fsp3) is 0.263. The van der Waals surface area contributed by atoms with Gasteiger partial charge in [-0.25, -0.2) is 18.1 Å². The van der Waals surface area contributed by atoms with Crippen molar-refractivity contribution in [1.29, 1.82) is 0 Å². The molecule has 7 heteroatoms. The van der Waals surface area contributed by atoms with Gasteiger partial charge < -0.3 is 0 Å². The first-order chi connectivity index (χ1) is 12.1. The maximum absolute atomic E-state index is 12.3. The molecule has 0 saturated heterocycles. The Morgan fingerprint density at radius 2 is 1.77 bits per heavy atom. The fourth-order valence-corrected chi connectivity index (χ4v) is 3.44. The average Bonchev–Trinajstić information content (AvgIpc) is 2.59. The van der Waals surface area contributed by atoms with Gasteiger partial charge >= 0.3 is 0 Å². The van der Waals surface area contributed by atoms with Gasteiger partial charge in [0.15, 0.2) is 0 Å². The molecule has 0 aliphatic carbocycles. The monoisotopic (exact) mass is 373 g/mol. The summed E-state index contributed by atoms with van der Waals surface area (Å²) >= 11 is 0. The molecule has 0 atom stereocenters. The van der Waals surface area contributed by atoms with Crippen molar-refractivity contribution in [3.05, 3.63) is 64.7 Å². The number of carbonyl (C=O) groups is 1. The van der Waals surface area contributed by atoms with Crippen LogP contribution in [-0.4, -0.2) is 38.4 Å². The lowest BCUT2D eigenvalue weighted by Crippen LogP contribution is -2.23. The maximum Gasteiger partial charge on any atom is 0.271 e. The minimum Gasteiger partial charge on any atom is -0.267 e. The number of aryl methyl sites for hydroxylation is 2. The topological polar surface area (TPSA) is 78.8 Å². The molecular weight excluding hydrogens is 350 g/mol. The third kappa shape index (κ3) is 4.36. The summed E-state index contributed by atoms with van der Waals surface area (Å²) in [5.41, 5.74) is 6.56. The van der Waals surface area contributed by atoms with E-state index < -0.39 is 15.9 Å². The van der Waals surface area contributed by atoms with Crippen LogP contribution in [0.5, 0.6) is 0 Å². The van der Waals surface area contributed by atoms with Crippen molar-refractivity contribution in [2.24, 2.45) is 5.10 Å². The van der Waals surface area contributed by atoms with Gasteiger partial charge in [-0.15, -0.1) is 0 Å². The van der Waals surface area contributed by atoms with E-state index in [-0.39, 0.29) is 10.5 Å². The SMILES string of the molecule is C/C(=N/NC(=O)c1cccc(S(=O)(=O)N(C)C)c1)c1ccc(C)cc1C. The van der Waals surface area contributed by atoms with Crippen LogP contribution in [0.2, 0.25) is 0 Å². The number of rotatable bonds is 5. The Balaban J connectivity index is 2.23. The van der Waals surface area contributed by atoms with Crippen molar-refractivity contribution in [3.8, 4) is 0 Å². The average molecular weight is 373 g/mol. The minimum absolute atomic E-state index is 0.0604. The highest BCUT2D eigenvalue weighted by Crippen LogP contribution is 2.15. The fourth-order valence-electron chi connectivity index (χ4n) is 2.49. The summed E-state index contributed by atoms with van der Waals surface area (Å²) < 4.78 is 25.5. The van der Waals surface area contributed by atoms with Crippen LogP contribution < -0.4 is 5.43 Å². The zero-order valence-corrected chi connectivity index (χ0v) is 16.4. The Labute approximate surface area is 154 Å². The summed E-state index contributed by atoms with van der Waals surface area (Å²) in [6, 6.07) is 11.9. The molecule has 138 valence electrons. The van der Waals surface area contributed by atoms with Gasteiger partial charge in [0.1, 0.15) is 0 Å². The van der Waals surface area contributed by atoms with Crippen molar-refractivity contribution in [1.82, 2.24) is 9.73 Å². The molecule has 26 heavy (non-hydrogen) atoms. The number of sulfonamides is 1. The molecule has 2 aromatic carbocycles. The molecule has 0 aliphatic heterocycles. The number of nitrogens with one attached hydrogen (secondary N) is 1. The van der Waals surface area contributed by atoms with E-state index in [1.165, 1.54) is 32.3 Å². The molecule has 2 aromatic rings. The molecule has 1 amide bonds. The molecule has 0 aromatic heterocycles. The zero-order valence-electron chi connectivity index (χ0n) is 15.6. The highest BCUT2D eigenvalue weighted by molar-refractivity contribution is 7.89. The van der Waals surface area contributed by atoms with Gasteiger partial charge in [-0.2, -0.15) is 5.10 Å². The van der Waals surface area contributed by atoms with Crippen molar-refractivity contribution in [3.63, 3.8) is 0 Å². The lowest BCUT2D eigenvalue weighted by molar-refractivity contribution is 0.0954. The van der Waals surface area contributed by atoms with Crippen LogP contribution in [0.4, 0.5) is 0 Å². The summed E-state index contributed by atoms with van der Waals surface area (Å²) in [7, 11) is -0.711. The Morgan fingerprint density at radius 1 is 1.08 bits per heavy atom. The van der Waals surface area contributed by atoms with E-state index in [1.807, 2.05) is 39.0 Å². The predicted molar refractivity (Wildman–Crippen MR) is 103 cm³/mol. The number of carbonyl (C=O) groups excluding carboxylic acids is 1. The van der Waals surface area contributed by atoms with Gasteiger partial charge in [0.25, 0.3) is 5.91 Å². The number of hydrazone groups is 1. The van der Waals surface area contributed by atoms with Gasteiger partial charge in [0.2, 0.25) is 10.0 Å². The maximum atomic E-state index is 12.3. The van der Waals surface area contributed by atoms with Gasteiger partial charge in [-0.05, 0) is 44.5 Å². The van der Waals surface area contributed by atoms with E-state index in [9.17, 15) is 13.2 Å². The lowest BCUT2D eigenvalue weighted by Gasteiger charge is -2.12. The summed E-state index contributed by atoms with van der Waals surface area (Å²) in [6.45, 7) is 5.81. The van der Waals surface area contributed by atoms with E-state index in [0.29, 0.717) is 5.71 Å². The highest BCUT2D eigenvalue weighted by atomic mass is 32.2. The second-order valence-electron chi connectivity index (χ2n) is 6.27. The molecule has 0 heterocycles. The first-order valence-corrected chi connectivity index (χ1v) is 9.52. The molecule has 0 fully saturated rings. The number of nitrogens with zero attached hydrogens (tertiary/aromatic N) is 2. The van der Waals surface area contributed by atoms with Crippen molar-refractivity contribution in [2.45, 2.75) is 25.7 Å². The van der Waals surface area contributed by atoms with Crippen LogP contribution in [0.3, 0.4) is 0 Å². The standard InChI is InChI=1S/C19H23N3O3S/c1-13-9-10-18(14(2)11-13)15(3)20-21-19(23)16-7-6-8-17(12-16)26(24,25)22(4)5/h6-12H,1-5H3,(H,21,23)/b20-15-. The number of hydrogen-bond donors (Lipinski definition) is 1. The number of hydrogen-bond acceptors (Lipinski definition) is 4. The second kappa shape index (κ2) is 7.80. The van der Waals surface area contributed by atoms with E-state index in [0.717, 1.165) is 21.0 Å². The Kier molecular flexibility index (Phi) is 5.94. The molecular formula is C19H23N3O3S. The predicted octanol–water partition coefficient (Wildman–Crippen LogP) is 2.71. The largest absolute Gasteiger partial charge is 0.271 e. The molecule has 1 N–H and O–H groups in total. The Hall–Kier alpha value is -2.51. The Morgan fingerprint density at radius 3 is 2.38 bits per heavy atom. The first-order valence-electron chi connectivity index (χ1n) is 8.08. The van der Waals surface area contributed by atoms with Gasteiger partial charge in [-0.3, -0.25) is 4.79 Å². The van der Waals surface area contributed by atoms with Gasteiger partial charge in [-0.1, -0.05) is 29.8 Å². The molecule has 0 bridgehead atoms. The van der Waals surface area contributed by atoms with Gasteiger partial charge in [0.05, 0.1) is 10.6 Å². The molecule has 0 aliphatic rings. The quantitative estimate of drug-likeness (QED) is 0.646. The van der Waals surface area contributed by atoms with Crippen molar-refractivity contribution < 1.29 is 13.2 Å². The lowest BCUT2D eigenvalue weighted by atomic mass is 10.0. The molecule has 6 nitrogen and oxygen atoms in total. The van der Waals surface area contributed by atoms with E-state index >= 15 is 0 Å². The van der Waals surface area contributed by atoms with Crippen LogP contribution >= 0.6 is 0 Å². The molecule has 2 rings (SSSR count). The zero-order chi connectivity index (χ0) is 19.5. The number of benzene rings is 2. The number of amides is 1. The van der Waals surface area contributed by atoms with Crippen LogP contribution in [-0.2, 0) is 10.0 Å². The highest BCUT2D eigenvalue weighted by Gasteiger charge is 2.18.